The van der Waals surface area contributed by atoms with E-state index in [0.29, 0.717) is 18.3 Å². The van der Waals surface area contributed by atoms with E-state index < -0.39 is 4.92 Å². The molecule has 0 aliphatic carbocycles. The Balaban J connectivity index is 2.11. The number of benzene rings is 1. The van der Waals surface area contributed by atoms with Crippen LogP contribution in [0, 0.1) is 15.5 Å². The minimum atomic E-state index is -0.507. The summed E-state index contributed by atoms with van der Waals surface area (Å²) in [6.07, 6.45) is 2.33. The van der Waals surface area contributed by atoms with Crippen molar-refractivity contribution < 1.29 is 4.92 Å². The van der Waals surface area contributed by atoms with Gasteiger partial charge in [-0.2, -0.15) is 0 Å². The highest BCUT2D eigenvalue weighted by Gasteiger charge is 2.31. The third-order valence-corrected chi connectivity index (χ3v) is 4.65. The van der Waals surface area contributed by atoms with Gasteiger partial charge in [0.05, 0.1) is 20.7 Å². The molecule has 0 aromatic heterocycles. The lowest BCUT2D eigenvalue weighted by Gasteiger charge is -2.39. The lowest BCUT2D eigenvalue weighted by atomic mass is 9.77. The van der Waals surface area contributed by atoms with Crippen LogP contribution in [0.25, 0.3) is 0 Å². The Morgan fingerprint density at radius 1 is 1.43 bits per heavy atom. The molecule has 1 atom stereocenters. The van der Waals surface area contributed by atoms with Crippen LogP contribution in [0.5, 0.6) is 0 Å². The van der Waals surface area contributed by atoms with Crippen LogP contribution in [0.2, 0.25) is 10.0 Å². The molecular formula is C14H19Cl2N3O2. The zero-order chi connectivity index (χ0) is 15.6. The van der Waals surface area contributed by atoms with Crippen molar-refractivity contribution in [1.82, 2.24) is 5.32 Å². The topological polar surface area (TPSA) is 67.2 Å². The number of nitrogens with zero attached hydrogens (tertiary/aromatic N) is 1. The predicted molar refractivity (Wildman–Crippen MR) is 86.4 cm³/mol. The maximum Gasteiger partial charge on any atom is 0.272 e. The second kappa shape index (κ2) is 6.38. The minimum Gasteiger partial charge on any atom is -0.381 e. The molecule has 0 radical (unpaired) electrons. The van der Waals surface area contributed by atoms with E-state index in [-0.39, 0.29) is 21.1 Å². The van der Waals surface area contributed by atoms with Gasteiger partial charge in [0.25, 0.3) is 5.69 Å². The van der Waals surface area contributed by atoms with E-state index in [0.717, 1.165) is 13.0 Å². The molecule has 1 aromatic carbocycles. The van der Waals surface area contributed by atoms with Gasteiger partial charge in [0.2, 0.25) is 0 Å². The van der Waals surface area contributed by atoms with Crippen molar-refractivity contribution >= 4 is 34.6 Å². The molecule has 0 bridgehead atoms. The van der Waals surface area contributed by atoms with Gasteiger partial charge in [-0.3, -0.25) is 10.1 Å². The Labute approximate surface area is 134 Å². The summed E-state index contributed by atoms with van der Waals surface area (Å²) in [7, 11) is 0. The van der Waals surface area contributed by atoms with Gasteiger partial charge in [0, 0.05) is 24.7 Å². The largest absolute Gasteiger partial charge is 0.381 e. The first-order valence-electron chi connectivity index (χ1n) is 6.92. The molecule has 21 heavy (non-hydrogen) atoms. The number of nitrogens with one attached hydrogen (secondary N) is 2. The summed E-state index contributed by atoms with van der Waals surface area (Å²) in [5, 5.41) is 18.0. The zero-order valence-corrected chi connectivity index (χ0v) is 13.6. The van der Waals surface area contributed by atoms with Gasteiger partial charge in [0.1, 0.15) is 0 Å². The maximum absolute atomic E-state index is 10.8. The van der Waals surface area contributed by atoms with E-state index >= 15 is 0 Å². The molecule has 116 valence electrons. The van der Waals surface area contributed by atoms with E-state index in [1.54, 1.807) is 0 Å². The van der Waals surface area contributed by atoms with Crippen LogP contribution in [-0.2, 0) is 0 Å². The molecule has 1 aliphatic rings. The number of anilines is 1. The van der Waals surface area contributed by atoms with E-state index in [9.17, 15) is 10.1 Å². The highest BCUT2D eigenvalue weighted by molar-refractivity contribution is 6.39. The third-order valence-electron chi connectivity index (χ3n) is 4.05. The van der Waals surface area contributed by atoms with Crippen LogP contribution in [-0.4, -0.2) is 24.1 Å². The molecule has 1 saturated heterocycles. The van der Waals surface area contributed by atoms with Crippen LogP contribution in [0.15, 0.2) is 12.1 Å². The molecule has 1 aromatic rings. The van der Waals surface area contributed by atoms with E-state index in [2.05, 4.69) is 24.5 Å². The second-order valence-corrected chi connectivity index (χ2v) is 6.84. The van der Waals surface area contributed by atoms with E-state index in [1.807, 2.05) is 0 Å². The predicted octanol–water partition coefficient (Wildman–Crippen LogP) is 4.09. The first-order valence-corrected chi connectivity index (χ1v) is 7.67. The van der Waals surface area contributed by atoms with Crippen molar-refractivity contribution in [2.24, 2.45) is 5.41 Å². The minimum absolute atomic E-state index is 0.105. The summed E-state index contributed by atoms with van der Waals surface area (Å²) in [4.78, 5) is 10.3. The third kappa shape index (κ3) is 3.78. The number of halogens is 2. The lowest BCUT2D eigenvalue weighted by molar-refractivity contribution is -0.384. The average Bonchev–Trinajstić information content (AvgIpc) is 2.38. The number of nitro benzene ring substituents is 1. The van der Waals surface area contributed by atoms with Gasteiger partial charge < -0.3 is 10.6 Å². The lowest BCUT2D eigenvalue weighted by Crippen LogP contribution is -2.50. The molecule has 2 rings (SSSR count). The molecule has 5 nitrogen and oxygen atoms in total. The fraction of sp³-hybridized carbons (Fsp3) is 0.571. The quantitative estimate of drug-likeness (QED) is 0.644. The van der Waals surface area contributed by atoms with Crippen molar-refractivity contribution in [1.29, 1.82) is 0 Å². The van der Waals surface area contributed by atoms with Gasteiger partial charge in [-0.25, -0.2) is 0 Å². The van der Waals surface area contributed by atoms with Crippen molar-refractivity contribution in [3.05, 3.63) is 32.3 Å². The van der Waals surface area contributed by atoms with Crippen LogP contribution in [0.3, 0.4) is 0 Å². The summed E-state index contributed by atoms with van der Waals surface area (Å²) < 4.78 is 0. The molecule has 0 amide bonds. The Morgan fingerprint density at radius 3 is 2.57 bits per heavy atom. The summed E-state index contributed by atoms with van der Waals surface area (Å²) in [6, 6.07) is 2.93. The highest BCUT2D eigenvalue weighted by Crippen LogP contribution is 2.36. The van der Waals surface area contributed by atoms with Gasteiger partial charge in [0.15, 0.2) is 0 Å². The molecule has 1 heterocycles. The van der Waals surface area contributed by atoms with E-state index in [4.69, 9.17) is 23.2 Å². The number of rotatable bonds is 4. The average molecular weight is 332 g/mol. The molecule has 0 saturated carbocycles. The number of nitro groups is 1. The Hall–Kier alpha value is -1.04. The van der Waals surface area contributed by atoms with Gasteiger partial charge in [-0.05, 0) is 24.8 Å². The Bertz CT molecular complexity index is 526. The molecule has 2 N–H and O–H groups in total. The molecule has 1 unspecified atom stereocenters. The standard InChI is InChI=1S/C14H19Cl2N3O2/c1-14(2)4-3-5-17-12(14)8-18-13-10(15)6-9(19(20)21)7-11(13)16/h6-7,12,17-18H,3-5,8H2,1-2H3. The first-order chi connectivity index (χ1) is 9.81. The van der Waals surface area contributed by atoms with Gasteiger partial charge >= 0.3 is 0 Å². The first kappa shape index (κ1) is 16.3. The fourth-order valence-electron chi connectivity index (χ4n) is 2.66. The normalized spacial score (nSPS) is 21.0. The molecule has 1 fully saturated rings. The van der Waals surface area contributed by atoms with Crippen molar-refractivity contribution in [3.8, 4) is 0 Å². The van der Waals surface area contributed by atoms with Crippen molar-refractivity contribution in [3.63, 3.8) is 0 Å². The smallest absolute Gasteiger partial charge is 0.272 e. The summed E-state index contributed by atoms with van der Waals surface area (Å²) in [5.74, 6) is 0. The fourth-order valence-corrected chi connectivity index (χ4v) is 3.27. The summed E-state index contributed by atoms with van der Waals surface area (Å²) in [5.41, 5.74) is 0.629. The number of hydrogen-bond acceptors (Lipinski definition) is 4. The molecule has 0 spiro atoms. The van der Waals surface area contributed by atoms with E-state index in [1.165, 1.54) is 18.6 Å². The highest BCUT2D eigenvalue weighted by atomic mass is 35.5. The van der Waals surface area contributed by atoms with Gasteiger partial charge in [-0.1, -0.05) is 37.0 Å². The monoisotopic (exact) mass is 331 g/mol. The van der Waals surface area contributed by atoms with Crippen LogP contribution in [0.4, 0.5) is 11.4 Å². The second-order valence-electron chi connectivity index (χ2n) is 6.02. The summed E-state index contributed by atoms with van der Waals surface area (Å²) in [6.45, 7) is 6.12. The molecule has 7 heteroatoms. The SMILES string of the molecule is CC1(C)CCCNC1CNc1c(Cl)cc([N+](=O)[O-])cc1Cl. The van der Waals surface area contributed by atoms with Crippen LogP contribution in [0.1, 0.15) is 26.7 Å². The molecular weight excluding hydrogens is 313 g/mol. The number of piperidine rings is 1. The number of non-ortho nitro benzene ring substituents is 1. The van der Waals surface area contributed by atoms with Crippen LogP contribution < -0.4 is 10.6 Å². The summed E-state index contributed by atoms with van der Waals surface area (Å²) >= 11 is 12.2. The Morgan fingerprint density at radius 2 is 2.05 bits per heavy atom. The van der Waals surface area contributed by atoms with Crippen molar-refractivity contribution in [2.75, 3.05) is 18.4 Å². The molecule has 1 aliphatic heterocycles. The maximum atomic E-state index is 10.8. The number of hydrogen-bond donors (Lipinski definition) is 2. The van der Waals surface area contributed by atoms with Crippen molar-refractivity contribution in [2.45, 2.75) is 32.7 Å². The Kier molecular flexibility index (Phi) is 4.96. The zero-order valence-electron chi connectivity index (χ0n) is 12.1. The van der Waals surface area contributed by atoms with Crippen LogP contribution >= 0.6 is 23.2 Å². The van der Waals surface area contributed by atoms with Gasteiger partial charge in [-0.15, -0.1) is 0 Å².